The van der Waals surface area contributed by atoms with Gasteiger partial charge in [0.1, 0.15) is 12.0 Å². The molecule has 0 aliphatic carbocycles. The average molecular weight is 538 g/mol. The first-order valence-electron chi connectivity index (χ1n) is 12.2. The third-order valence-corrected chi connectivity index (χ3v) is 6.09. The highest BCUT2D eigenvalue weighted by Crippen LogP contribution is 2.38. The van der Waals surface area contributed by atoms with Gasteiger partial charge in [0.05, 0.1) is 17.3 Å². The maximum Gasteiger partial charge on any atom is 0.416 e. The van der Waals surface area contributed by atoms with Crippen LogP contribution in [0.5, 0.6) is 0 Å². The number of benzene rings is 1. The van der Waals surface area contributed by atoms with Gasteiger partial charge in [-0.3, -0.25) is 24.7 Å². The van der Waals surface area contributed by atoms with Crippen LogP contribution in [0.3, 0.4) is 0 Å². The van der Waals surface area contributed by atoms with Crippen molar-refractivity contribution in [3.8, 4) is 0 Å². The molecule has 1 aromatic heterocycles. The van der Waals surface area contributed by atoms with Gasteiger partial charge in [0.25, 0.3) is 0 Å². The molecule has 1 aromatic carbocycles. The topological polar surface area (TPSA) is 112 Å². The summed E-state index contributed by atoms with van der Waals surface area (Å²) < 4.78 is 57.1. The Bertz CT molecular complexity index is 1180. The third-order valence-electron chi connectivity index (χ3n) is 6.09. The van der Waals surface area contributed by atoms with Crippen LogP contribution in [0.15, 0.2) is 30.5 Å². The van der Waals surface area contributed by atoms with Crippen LogP contribution in [0.4, 0.5) is 17.6 Å². The second kappa shape index (κ2) is 11.9. The second-order valence-electron chi connectivity index (χ2n) is 9.76. The smallest absolute Gasteiger partial charge is 0.352 e. The summed E-state index contributed by atoms with van der Waals surface area (Å²) in [7, 11) is 0. The minimum absolute atomic E-state index is 0.125. The van der Waals surface area contributed by atoms with E-state index in [1.807, 2.05) is 0 Å². The fraction of sp³-hybridized carbons (Fsp3) is 0.462. The summed E-state index contributed by atoms with van der Waals surface area (Å²) in [5, 5.41) is 10.5. The molecular formula is C26H31F4N5O3. The molecule has 0 radical (unpaired) electrons. The first kappa shape index (κ1) is 29.0. The molecule has 2 atom stereocenters. The predicted octanol–water partition coefficient (Wildman–Crippen LogP) is 3.63. The second-order valence-corrected chi connectivity index (χ2v) is 9.76. The predicted molar refractivity (Wildman–Crippen MR) is 130 cm³/mol. The number of amides is 3. The lowest BCUT2D eigenvalue weighted by Crippen LogP contribution is -2.48. The van der Waals surface area contributed by atoms with Crippen molar-refractivity contribution in [1.29, 1.82) is 0 Å². The van der Waals surface area contributed by atoms with E-state index < -0.39 is 47.2 Å². The zero-order valence-electron chi connectivity index (χ0n) is 21.5. The average Bonchev–Trinajstić information content (AvgIpc) is 2.85. The number of nitrogens with zero attached hydrogens (tertiary/aromatic N) is 1. The number of aromatic nitrogens is 1. The van der Waals surface area contributed by atoms with Crippen LogP contribution in [-0.2, 0) is 33.6 Å². The molecule has 206 valence electrons. The van der Waals surface area contributed by atoms with Gasteiger partial charge in [0.2, 0.25) is 17.7 Å². The summed E-state index contributed by atoms with van der Waals surface area (Å²) in [6.45, 7) is 6.72. The van der Waals surface area contributed by atoms with E-state index in [9.17, 15) is 27.6 Å². The highest BCUT2D eigenvalue weighted by molar-refractivity contribution is 5.79. The Hall–Kier alpha value is -3.54. The molecule has 1 aliphatic heterocycles. The van der Waals surface area contributed by atoms with Crippen molar-refractivity contribution in [2.75, 3.05) is 0 Å². The fourth-order valence-corrected chi connectivity index (χ4v) is 3.88. The molecule has 0 bridgehead atoms. The first-order chi connectivity index (χ1) is 17.8. The molecule has 38 heavy (non-hydrogen) atoms. The summed E-state index contributed by atoms with van der Waals surface area (Å²) in [5.41, 5.74) is -1.08. The van der Waals surface area contributed by atoms with Crippen molar-refractivity contribution in [2.45, 2.75) is 65.6 Å². The molecule has 2 unspecified atom stereocenters. The molecular weight excluding hydrogens is 506 g/mol. The number of pyridine rings is 1. The number of hydrogen-bond acceptors (Lipinski definition) is 5. The van der Waals surface area contributed by atoms with Gasteiger partial charge in [-0.2, -0.15) is 13.2 Å². The lowest BCUT2D eigenvalue weighted by molar-refractivity contribution is -0.139. The molecule has 3 rings (SSSR count). The van der Waals surface area contributed by atoms with Gasteiger partial charge in [-0.1, -0.05) is 39.8 Å². The minimum Gasteiger partial charge on any atom is -0.352 e. The van der Waals surface area contributed by atoms with E-state index >= 15 is 4.39 Å². The van der Waals surface area contributed by atoms with Gasteiger partial charge in [-0.05, 0) is 17.7 Å². The number of halogens is 4. The standard InChI is InChI=1S/C26H31F4N5O3/c1-13(2)24(37)32-11-15-5-8-18(31-10-15)19-9-20(36)35-23(34-19)21-17(26(28,29)30)7-6-16(22(21)27)12-33-25(38)14(3)4/h5-8,10,13-14,19,23,34H,9,11-12H2,1-4H3,(H,32,37)(H,33,38)(H,35,36). The number of rotatable bonds is 8. The number of carbonyl (C=O) groups excluding carboxylic acids is 3. The molecule has 4 N–H and O–H groups in total. The lowest BCUT2D eigenvalue weighted by atomic mass is 9.96. The molecule has 3 amide bonds. The maximum absolute atomic E-state index is 15.5. The van der Waals surface area contributed by atoms with Crippen LogP contribution in [0.25, 0.3) is 0 Å². The molecule has 1 fully saturated rings. The van der Waals surface area contributed by atoms with Crippen molar-refractivity contribution >= 4 is 17.7 Å². The Balaban J connectivity index is 1.87. The van der Waals surface area contributed by atoms with Crippen LogP contribution < -0.4 is 21.3 Å². The zero-order chi connectivity index (χ0) is 28.2. The van der Waals surface area contributed by atoms with Crippen LogP contribution in [-0.4, -0.2) is 22.7 Å². The highest BCUT2D eigenvalue weighted by atomic mass is 19.4. The summed E-state index contributed by atoms with van der Waals surface area (Å²) >= 11 is 0. The Labute approximate surface area is 218 Å². The van der Waals surface area contributed by atoms with Gasteiger partial charge >= 0.3 is 6.18 Å². The first-order valence-corrected chi connectivity index (χ1v) is 12.2. The van der Waals surface area contributed by atoms with E-state index in [4.69, 9.17) is 0 Å². The Morgan fingerprint density at radius 1 is 1.03 bits per heavy atom. The van der Waals surface area contributed by atoms with E-state index in [0.29, 0.717) is 11.3 Å². The number of nitrogens with one attached hydrogen (secondary N) is 4. The van der Waals surface area contributed by atoms with Gasteiger partial charge in [0, 0.05) is 48.7 Å². The summed E-state index contributed by atoms with van der Waals surface area (Å²) in [6, 6.07) is 4.21. The molecule has 0 saturated carbocycles. The van der Waals surface area contributed by atoms with Crippen LogP contribution >= 0.6 is 0 Å². The van der Waals surface area contributed by atoms with Gasteiger partial charge in [0.15, 0.2) is 0 Å². The zero-order valence-corrected chi connectivity index (χ0v) is 21.5. The Kier molecular flexibility index (Phi) is 9.08. The fourth-order valence-electron chi connectivity index (χ4n) is 3.88. The summed E-state index contributed by atoms with van der Waals surface area (Å²) in [4.78, 5) is 40.5. The Morgan fingerprint density at radius 2 is 1.66 bits per heavy atom. The number of carbonyl (C=O) groups is 3. The van der Waals surface area contributed by atoms with Crippen molar-refractivity contribution in [1.82, 2.24) is 26.3 Å². The Morgan fingerprint density at radius 3 is 2.21 bits per heavy atom. The highest BCUT2D eigenvalue weighted by Gasteiger charge is 2.40. The molecule has 8 nitrogen and oxygen atoms in total. The number of hydrogen-bond donors (Lipinski definition) is 4. The summed E-state index contributed by atoms with van der Waals surface area (Å²) in [6.07, 6.45) is -5.01. The minimum atomic E-state index is -4.89. The third kappa shape index (κ3) is 7.06. The lowest BCUT2D eigenvalue weighted by Gasteiger charge is -2.33. The van der Waals surface area contributed by atoms with Gasteiger partial charge < -0.3 is 16.0 Å². The van der Waals surface area contributed by atoms with E-state index in [2.05, 4.69) is 26.3 Å². The quantitative estimate of drug-likeness (QED) is 0.385. The molecule has 2 heterocycles. The number of alkyl halides is 3. The van der Waals surface area contributed by atoms with Gasteiger partial charge in [-0.15, -0.1) is 0 Å². The largest absolute Gasteiger partial charge is 0.416 e. The van der Waals surface area contributed by atoms with Crippen LogP contribution in [0, 0.1) is 17.7 Å². The van der Waals surface area contributed by atoms with Crippen molar-refractivity contribution in [3.63, 3.8) is 0 Å². The monoisotopic (exact) mass is 537 g/mol. The molecule has 1 aliphatic rings. The van der Waals surface area contributed by atoms with E-state index in [-0.39, 0.29) is 42.8 Å². The normalized spacial score (nSPS) is 17.9. The molecule has 0 spiro atoms. The van der Waals surface area contributed by atoms with Crippen molar-refractivity contribution in [2.24, 2.45) is 11.8 Å². The van der Waals surface area contributed by atoms with E-state index in [1.165, 1.54) is 6.20 Å². The summed E-state index contributed by atoms with van der Waals surface area (Å²) in [5.74, 6) is -2.84. The SMILES string of the molecule is CC(C)C(=O)NCc1ccc(C2CC(=O)NC(c3c(C(F)(F)F)ccc(CNC(=O)C(C)C)c3F)N2)nc1. The maximum atomic E-state index is 15.5. The van der Waals surface area contributed by atoms with E-state index in [0.717, 1.165) is 12.1 Å². The van der Waals surface area contributed by atoms with Crippen LogP contribution in [0.2, 0.25) is 0 Å². The van der Waals surface area contributed by atoms with Crippen molar-refractivity contribution < 1.29 is 31.9 Å². The molecule has 12 heteroatoms. The van der Waals surface area contributed by atoms with Crippen LogP contribution in [0.1, 0.15) is 74.3 Å². The molecule has 2 aromatic rings. The molecule has 1 saturated heterocycles. The van der Waals surface area contributed by atoms with E-state index in [1.54, 1.807) is 39.8 Å². The van der Waals surface area contributed by atoms with Crippen molar-refractivity contribution in [3.05, 3.63) is 64.2 Å². The van der Waals surface area contributed by atoms with Gasteiger partial charge in [-0.25, -0.2) is 4.39 Å².